The summed E-state index contributed by atoms with van der Waals surface area (Å²) in [7, 11) is 0. The van der Waals surface area contributed by atoms with Gasteiger partial charge in [-0.2, -0.15) is 26.3 Å². The van der Waals surface area contributed by atoms with Gasteiger partial charge in [0.2, 0.25) is 11.9 Å². The topological polar surface area (TPSA) is 87.5 Å². The Labute approximate surface area is 246 Å². The molecule has 0 unspecified atom stereocenters. The number of hydrogen-bond acceptors (Lipinski definition) is 4. The maximum absolute atomic E-state index is 13.4. The average molecular weight is 625 g/mol. The fourth-order valence-corrected chi connectivity index (χ4v) is 4.72. The summed E-state index contributed by atoms with van der Waals surface area (Å²) in [5.74, 6) is -2.50. The van der Waals surface area contributed by atoms with Crippen molar-refractivity contribution < 1.29 is 45.4 Å². The number of halogens is 7. The highest BCUT2D eigenvalue weighted by Gasteiger charge is 2.38. The smallest absolute Gasteiger partial charge is 0.475 e. The summed E-state index contributed by atoms with van der Waals surface area (Å²) in [4.78, 5) is 28.7. The number of aromatic nitrogens is 2. The number of carboxylic acids is 1. The predicted octanol–water partition coefficient (Wildman–Crippen LogP) is 6.41. The van der Waals surface area contributed by atoms with Gasteiger partial charge in [-0.3, -0.25) is 4.79 Å². The Morgan fingerprint density at radius 2 is 1.43 bits per heavy atom. The van der Waals surface area contributed by atoms with Crippen molar-refractivity contribution in [3.63, 3.8) is 0 Å². The van der Waals surface area contributed by atoms with Crippen molar-refractivity contribution in [1.29, 1.82) is 0 Å². The van der Waals surface area contributed by atoms with Gasteiger partial charge in [0.05, 0.1) is 23.1 Å². The lowest BCUT2D eigenvalue weighted by atomic mass is 9.96. The number of carbonyl (C=O) groups excluding carboxylic acids is 1. The molecule has 3 aromatic carbocycles. The number of anilines is 1. The molecule has 0 aliphatic carbocycles. The van der Waals surface area contributed by atoms with E-state index < -0.39 is 23.9 Å². The molecule has 44 heavy (non-hydrogen) atoms. The monoisotopic (exact) mass is 624 g/mol. The lowest BCUT2D eigenvalue weighted by molar-refractivity contribution is -0.192. The van der Waals surface area contributed by atoms with Gasteiger partial charge in [-0.25, -0.2) is 14.2 Å². The van der Waals surface area contributed by atoms with Crippen LogP contribution in [0.3, 0.4) is 0 Å². The molecule has 2 heterocycles. The summed E-state index contributed by atoms with van der Waals surface area (Å²) >= 11 is 0. The van der Waals surface area contributed by atoms with Gasteiger partial charge in [0.15, 0.2) is 0 Å². The van der Waals surface area contributed by atoms with Gasteiger partial charge >= 0.3 is 18.3 Å². The molecule has 0 bridgehead atoms. The number of imidazole rings is 1. The second-order valence-electron chi connectivity index (χ2n) is 10.1. The number of para-hydroxylation sites is 2. The number of fused-ring (bicyclic) bond motifs is 1. The highest BCUT2D eigenvalue weighted by atomic mass is 19.4. The number of alkyl halides is 6. The van der Waals surface area contributed by atoms with Crippen LogP contribution in [-0.2, 0) is 28.9 Å². The number of benzene rings is 3. The molecule has 0 spiro atoms. The van der Waals surface area contributed by atoms with E-state index in [-0.39, 0.29) is 24.2 Å². The zero-order chi connectivity index (χ0) is 32.1. The lowest BCUT2D eigenvalue weighted by Gasteiger charge is -2.32. The van der Waals surface area contributed by atoms with Crippen molar-refractivity contribution in [2.45, 2.75) is 38.3 Å². The summed E-state index contributed by atoms with van der Waals surface area (Å²) in [6.07, 6.45) is -8.19. The van der Waals surface area contributed by atoms with Crippen LogP contribution in [0.25, 0.3) is 11.0 Å². The number of amides is 1. The van der Waals surface area contributed by atoms with Crippen LogP contribution in [0.2, 0.25) is 0 Å². The minimum atomic E-state index is -5.08. The van der Waals surface area contributed by atoms with Gasteiger partial charge in [0.1, 0.15) is 5.82 Å². The molecule has 1 saturated heterocycles. The van der Waals surface area contributed by atoms with Gasteiger partial charge < -0.3 is 19.9 Å². The molecule has 1 amide bonds. The molecule has 4 aromatic rings. The molecule has 1 aliphatic heterocycles. The molecule has 0 saturated carbocycles. The SMILES string of the molecule is O=C(NCc1ccc(C(F)(F)F)cc1)C1CCN(c2nc3ccccc3n2Cc2ccc(F)cc2)CC1.O=C(O)C(F)(F)F. The number of hydrogen-bond donors (Lipinski definition) is 2. The minimum Gasteiger partial charge on any atom is -0.475 e. The first-order valence-electron chi connectivity index (χ1n) is 13.4. The highest BCUT2D eigenvalue weighted by Crippen LogP contribution is 2.30. The average Bonchev–Trinajstić information content (AvgIpc) is 3.35. The Morgan fingerprint density at radius 3 is 2.00 bits per heavy atom. The van der Waals surface area contributed by atoms with E-state index in [1.54, 1.807) is 12.1 Å². The Bertz CT molecular complexity index is 1580. The molecular weight excluding hydrogens is 597 g/mol. The van der Waals surface area contributed by atoms with E-state index >= 15 is 0 Å². The van der Waals surface area contributed by atoms with Crippen molar-refractivity contribution in [2.75, 3.05) is 18.0 Å². The Balaban J connectivity index is 0.000000566. The van der Waals surface area contributed by atoms with Gasteiger partial charge in [-0.05, 0) is 60.4 Å². The third kappa shape index (κ3) is 8.26. The number of rotatable bonds is 6. The Hall–Kier alpha value is -4.62. The first kappa shape index (κ1) is 32.3. The first-order valence-corrected chi connectivity index (χ1v) is 13.4. The standard InChI is InChI=1S/C28H26F4N4O.C2HF3O2/c29-23-11-7-20(8-12-23)18-36-25-4-2-1-3-24(25)34-27(36)35-15-13-21(14-16-35)26(37)33-17-19-5-9-22(10-6-19)28(30,31)32;3-2(4,5)1(6)7/h1-12,21H,13-18H2,(H,33,37);(H,6,7). The molecule has 2 N–H and O–H groups in total. The third-order valence-corrected chi connectivity index (χ3v) is 7.03. The van der Waals surface area contributed by atoms with E-state index in [0.29, 0.717) is 38.0 Å². The first-order chi connectivity index (χ1) is 20.7. The number of piperidine rings is 1. The number of nitrogens with one attached hydrogen (secondary N) is 1. The number of nitrogens with zero attached hydrogens (tertiary/aromatic N) is 3. The molecule has 1 aromatic heterocycles. The molecule has 1 fully saturated rings. The van der Waals surface area contributed by atoms with E-state index in [1.165, 1.54) is 24.3 Å². The third-order valence-electron chi connectivity index (χ3n) is 7.03. The van der Waals surface area contributed by atoms with Crippen LogP contribution in [-0.4, -0.2) is 45.8 Å². The van der Waals surface area contributed by atoms with Crippen LogP contribution in [0.5, 0.6) is 0 Å². The second kappa shape index (κ2) is 13.3. The fourth-order valence-electron chi connectivity index (χ4n) is 4.72. The second-order valence-corrected chi connectivity index (χ2v) is 10.1. The van der Waals surface area contributed by atoms with Gasteiger partial charge in [0.25, 0.3) is 0 Å². The van der Waals surface area contributed by atoms with Crippen LogP contribution >= 0.6 is 0 Å². The normalized spacial score (nSPS) is 14.2. The van der Waals surface area contributed by atoms with Crippen LogP contribution in [0.15, 0.2) is 72.8 Å². The van der Waals surface area contributed by atoms with Crippen molar-refractivity contribution >= 4 is 28.9 Å². The van der Waals surface area contributed by atoms with E-state index in [4.69, 9.17) is 14.9 Å². The summed E-state index contributed by atoms with van der Waals surface area (Å²) in [5.41, 5.74) is 2.73. The van der Waals surface area contributed by atoms with Gasteiger partial charge in [-0.1, -0.05) is 36.4 Å². The van der Waals surface area contributed by atoms with E-state index in [2.05, 4.69) is 14.8 Å². The predicted molar refractivity (Wildman–Crippen MR) is 147 cm³/mol. The largest absolute Gasteiger partial charge is 0.490 e. The summed E-state index contributed by atoms with van der Waals surface area (Å²) < 4.78 is 85.5. The van der Waals surface area contributed by atoms with Crippen molar-refractivity contribution in [3.05, 3.63) is 95.3 Å². The minimum absolute atomic E-state index is 0.0978. The Kier molecular flexibility index (Phi) is 9.80. The van der Waals surface area contributed by atoms with Crippen LogP contribution in [0.1, 0.15) is 29.5 Å². The number of aliphatic carboxylic acids is 1. The molecule has 5 rings (SSSR count). The van der Waals surface area contributed by atoms with Crippen molar-refractivity contribution in [3.8, 4) is 0 Å². The summed E-state index contributed by atoms with van der Waals surface area (Å²) in [6.45, 7) is 2.02. The van der Waals surface area contributed by atoms with Gasteiger partial charge in [-0.15, -0.1) is 0 Å². The van der Waals surface area contributed by atoms with Crippen molar-refractivity contribution in [1.82, 2.24) is 14.9 Å². The lowest BCUT2D eigenvalue weighted by Crippen LogP contribution is -2.41. The maximum Gasteiger partial charge on any atom is 0.490 e. The molecule has 0 atom stereocenters. The summed E-state index contributed by atoms with van der Waals surface area (Å²) in [5, 5.41) is 9.99. The number of carbonyl (C=O) groups is 2. The van der Waals surface area contributed by atoms with Crippen LogP contribution < -0.4 is 10.2 Å². The molecule has 14 heteroatoms. The van der Waals surface area contributed by atoms with E-state index in [9.17, 15) is 35.5 Å². The highest BCUT2D eigenvalue weighted by molar-refractivity contribution is 5.80. The molecule has 7 nitrogen and oxygen atoms in total. The zero-order valence-corrected chi connectivity index (χ0v) is 23.0. The van der Waals surface area contributed by atoms with E-state index in [0.717, 1.165) is 34.7 Å². The fraction of sp³-hybridized carbons (Fsp3) is 0.300. The zero-order valence-electron chi connectivity index (χ0n) is 23.0. The molecule has 1 aliphatic rings. The molecular formula is C30H27F7N4O3. The molecule has 0 radical (unpaired) electrons. The van der Waals surface area contributed by atoms with E-state index in [1.807, 2.05) is 24.3 Å². The van der Waals surface area contributed by atoms with Gasteiger partial charge in [0, 0.05) is 25.6 Å². The van der Waals surface area contributed by atoms with Crippen LogP contribution in [0, 0.1) is 11.7 Å². The Morgan fingerprint density at radius 1 is 0.864 bits per heavy atom. The molecule has 234 valence electrons. The summed E-state index contributed by atoms with van der Waals surface area (Å²) in [6, 6.07) is 19.1. The van der Waals surface area contributed by atoms with Crippen molar-refractivity contribution in [2.24, 2.45) is 5.92 Å². The maximum atomic E-state index is 13.4. The van der Waals surface area contributed by atoms with Crippen LogP contribution in [0.4, 0.5) is 36.7 Å². The number of carboxylic acid groups (broad SMARTS) is 1. The quantitative estimate of drug-likeness (QED) is 0.242.